The lowest BCUT2D eigenvalue weighted by atomic mass is 10.0. The standard InChI is InChI=1S/C18H16N2O2/c1-13-16(11-15-9-5-6-10-17(15)22-13)12-19-20-18(21)14-7-3-2-4-8-14/h2-13H,1H3,(H,20,21)/b19-12-/t13-/m1/s1. The molecule has 1 amide bonds. The summed E-state index contributed by atoms with van der Waals surface area (Å²) >= 11 is 0. The van der Waals surface area contributed by atoms with Crippen LogP contribution >= 0.6 is 0 Å². The van der Waals surface area contributed by atoms with Crippen molar-refractivity contribution in [1.29, 1.82) is 0 Å². The Morgan fingerprint density at radius 3 is 2.68 bits per heavy atom. The molecular weight excluding hydrogens is 276 g/mol. The third-order valence-corrected chi connectivity index (χ3v) is 3.43. The van der Waals surface area contributed by atoms with Gasteiger partial charge in [-0.2, -0.15) is 5.10 Å². The van der Waals surface area contributed by atoms with E-state index in [0.29, 0.717) is 5.56 Å². The fraction of sp³-hybridized carbons (Fsp3) is 0.111. The molecule has 0 aromatic heterocycles. The monoisotopic (exact) mass is 292 g/mol. The maximum Gasteiger partial charge on any atom is 0.271 e. The number of hydrazone groups is 1. The lowest BCUT2D eigenvalue weighted by Crippen LogP contribution is -2.22. The maximum atomic E-state index is 11.9. The predicted molar refractivity (Wildman–Crippen MR) is 86.9 cm³/mol. The normalized spacial score (nSPS) is 16.6. The molecule has 0 bridgehead atoms. The highest BCUT2D eigenvalue weighted by Crippen LogP contribution is 2.28. The molecule has 0 unspecified atom stereocenters. The Morgan fingerprint density at radius 2 is 1.86 bits per heavy atom. The summed E-state index contributed by atoms with van der Waals surface area (Å²) in [5.41, 5.74) is 5.02. The van der Waals surface area contributed by atoms with E-state index in [1.54, 1.807) is 18.3 Å². The molecule has 110 valence electrons. The van der Waals surface area contributed by atoms with E-state index in [9.17, 15) is 4.79 Å². The highest BCUT2D eigenvalue weighted by Gasteiger charge is 2.16. The number of carbonyl (C=O) groups is 1. The summed E-state index contributed by atoms with van der Waals surface area (Å²) in [5.74, 6) is 0.628. The van der Waals surface area contributed by atoms with E-state index >= 15 is 0 Å². The van der Waals surface area contributed by atoms with E-state index in [4.69, 9.17) is 4.74 Å². The third-order valence-electron chi connectivity index (χ3n) is 3.43. The fourth-order valence-electron chi connectivity index (χ4n) is 2.22. The van der Waals surface area contributed by atoms with Gasteiger partial charge in [-0.1, -0.05) is 36.4 Å². The first-order valence-corrected chi connectivity index (χ1v) is 7.10. The van der Waals surface area contributed by atoms with Crippen LogP contribution in [-0.2, 0) is 0 Å². The second-order valence-corrected chi connectivity index (χ2v) is 5.01. The van der Waals surface area contributed by atoms with E-state index in [2.05, 4.69) is 10.5 Å². The second-order valence-electron chi connectivity index (χ2n) is 5.01. The van der Waals surface area contributed by atoms with Gasteiger partial charge in [0.2, 0.25) is 0 Å². The summed E-state index contributed by atoms with van der Waals surface area (Å²) in [6.45, 7) is 1.95. The van der Waals surface area contributed by atoms with Crippen LogP contribution in [0.1, 0.15) is 22.8 Å². The molecule has 0 saturated heterocycles. The largest absolute Gasteiger partial charge is 0.485 e. The van der Waals surface area contributed by atoms with Crippen molar-refractivity contribution in [3.8, 4) is 5.75 Å². The van der Waals surface area contributed by atoms with Gasteiger partial charge >= 0.3 is 0 Å². The SMILES string of the molecule is C[C@H]1Oc2ccccc2C=C1/C=N\NC(=O)c1ccccc1. The Balaban J connectivity index is 1.71. The molecule has 2 aromatic carbocycles. The highest BCUT2D eigenvalue weighted by atomic mass is 16.5. The Kier molecular flexibility index (Phi) is 4.01. The summed E-state index contributed by atoms with van der Waals surface area (Å²) in [7, 11) is 0. The van der Waals surface area contributed by atoms with Gasteiger partial charge < -0.3 is 4.74 Å². The molecule has 4 nitrogen and oxygen atoms in total. The molecule has 1 atom stereocenters. The van der Waals surface area contributed by atoms with Crippen molar-refractivity contribution in [2.24, 2.45) is 5.10 Å². The summed E-state index contributed by atoms with van der Waals surface area (Å²) in [6, 6.07) is 16.8. The van der Waals surface area contributed by atoms with Gasteiger partial charge in [-0.05, 0) is 31.2 Å². The molecule has 1 aliphatic heterocycles. The van der Waals surface area contributed by atoms with E-state index in [-0.39, 0.29) is 12.0 Å². The van der Waals surface area contributed by atoms with Crippen molar-refractivity contribution >= 4 is 18.2 Å². The third kappa shape index (κ3) is 3.06. The molecule has 1 N–H and O–H groups in total. The number of hydrogen-bond acceptors (Lipinski definition) is 3. The Hall–Kier alpha value is -2.88. The number of hydrogen-bond donors (Lipinski definition) is 1. The van der Waals surface area contributed by atoms with Gasteiger partial charge in [0.1, 0.15) is 11.9 Å². The molecule has 3 rings (SSSR count). The lowest BCUT2D eigenvalue weighted by Gasteiger charge is -2.22. The van der Waals surface area contributed by atoms with Crippen LogP contribution in [0.4, 0.5) is 0 Å². The Bertz CT molecular complexity index is 736. The zero-order valence-electron chi connectivity index (χ0n) is 12.2. The minimum atomic E-state index is -0.234. The number of nitrogens with zero attached hydrogens (tertiary/aromatic N) is 1. The van der Waals surface area contributed by atoms with Gasteiger partial charge in [-0.3, -0.25) is 4.79 Å². The second kappa shape index (κ2) is 6.26. The van der Waals surface area contributed by atoms with Crippen LogP contribution in [0.15, 0.2) is 65.3 Å². The van der Waals surface area contributed by atoms with E-state index in [1.807, 2.05) is 55.5 Å². The van der Waals surface area contributed by atoms with Gasteiger partial charge in [-0.25, -0.2) is 5.43 Å². The minimum Gasteiger partial charge on any atom is -0.485 e. The van der Waals surface area contributed by atoms with Crippen molar-refractivity contribution in [3.63, 3.8) is 0 Å². The fourth-order valence-corrected chi connectivity index (χ4v) is 2.22. The van der Waals surface area contributed by atoms with Crippen LogP contribution < -0.4 is 10.2 Å². The Morgan fingerprint density at radius 1 is 1.14 bits per heavy atom. The molecule has 2 aromatic rings. The van der Waals surface area contributed by atoms with Crippen LogP contribution in [-0.4, -0.2) is 18.2 Å². The Labute approximate surface area is 129 Å². The van der Waals surface area contributed by atoms with Crippen molar-refractivity contribution in [2.45, 2.75) is 13.0 Å². The quantitative estimate of drug-likeness (QED) is 0.697. The summed E-state index contributed by atoms with van der Waals surface area (Å²) in [6.07, 6.45) is 3.54. The van der Waals surface area contributed by atoms with Crippen LogP contribution in [0.25, 0.3) is 6.08 Å². The van der Waals surface area contributed by atoms with Gasteiger partial charge in [-0.15, -0.1) is 0 Å². The predicted octanol–water partition coefficient (Wildman–Crippen LogP) is 3.27. The number of rotatable bonds is 3. The van der Waals surface area contributed by atoms with E-state index in [1.165, 1.54) is 0 Å². The molecule has 0 fully saturated rings. The van der Waals surface area contributed by atoms with Crippen molar-refractivity contribution in [3.05, 3.63) is 71.3 Å². The molecule has 0 saturated carbocycles. The number of ether oxygens (including phenoxy) is 1. The summed E-state index contributed by atoms with van der Waals surface area (Å²) < 4.78 is 5.81. The summed E-state index contributed by atoms with van der Waals surface area (Å²) in [4.78, 5) is 11.9. The van der Waals surface area contributed by atoms with E-state index < -0.39 is 0 Å². The van der Waals surface area contributed by atoms with E-state index in [0.717, 1.165) is 16.9 Å². The number of carbonyl (C=O) groups excluding carboxylic acids is 1. The van der Waals surface area contributed by atoms with Gasteiger partial charge in [0.05, 0.1) is 6.21 Å². The van der Waals surface area contributed by atoms with Crippen LogP contribution in [0.5, 0.6) is 5.75 Å². The topological polar surface area (TPSA) is 50.7 Å². The first kappa shape index (κ1) is 14.1. The van der Waals surface area contributed by atoms with Gasteiger partial charge in [0, 0.05) is 16.7 Å². The molecule has 0 aliphatic carbocycles. The zero-order chi connectivity index (χ0) is 15.4. The molecule has 4 heteroatoms. The van der Waals surface area contributed by atoms with Crippen LogP contribution in [0, 0.1) is 0 Å². The zero-order valence-corrected chi connectivity index (χ0v) is 12.2. The maximum absolute atomic E-state index is 11.9. The van der Waals surface area contributed by atoms with Crippen molar-refractivity contribution < 1.29 is 9.53 Å². The molecule has 0 spiro atoms. The van der Waals surface area contributed by atoms with Gasteiger partial charge in [0.25, 0.3) is 5.91 Å². The lowest BCUT2D eigenvalue weighted by molar-refractivity contribution is 0.0955. The number of para-hydroxylation sites is 1. The smallest absolute Gasteiger partial charge is 0.271 e. The van der Waals surface area contributed by atoms with Crippen LogP contribution in [0.3, 0.4) is 0 Å². The minimum absolute atomic E-state index is 0.104. The number of nitrogens with one attached hydrogen (secondary N) is 1. The van der Waals surface area contributed by atoms with Crippen molar-refractivity contribution in [1.82, 2.24) is 5.43 Å². The highest BCUT2D eigenvalue weighted by molar-refractivity contribution is 5.95. The van der Waals surface area contributed by atoms with Crippen molar-refractivity contribution in [2.75, 3.05) is 0 Å². The summed E-state index contributed by atoms with van der Waals surface area (Å²) in [5, 5.41) is 4.02. The average molecular weight is 292 g/mol. The molecule has 1 heterocycles. The first-order valence-electron chi connectivity index (χ1n) is 7.10. The number of fused-ring (bicyclic) bond motifs is 1. The average Bonchev–Trinajstić information content (AvgIpc) is 2.56. The van der Waals surface area contributed by atoms with Crippen LogP contribution in [0.2, 0.25) is 0 Å². The van der Waals surface area contributed by atoms with Gasteiger partial charge in [0.15, 0.2) is 0 Å². The number of benzene rings is 2. The first-order chi connectivity index (χ1) is 10.7. The molecule has 22 heavy (non-hydrogen) atoms. The number of amides is 1. The molecular formula is C18H16N2O2. The molecule has 1 aliphatic rings. The molecule has 0 radical (unpaired) electrons.